The number of benzene rings is 2. The van der Waals surface area contributed by atoms with Gasteiger partial charge in [-0.3, -0.25) is 0 Å². The van der Waals surface area contributed by atoms with E-state index in [9.17, 15) is 12.8 Å². The molecule has 0 fully saturated rings. The minimum atomic E-state index is -3.56. The maximum Gasteiger partial charge on any atom is 0.240 e. The average molecular weight is 323 g/mol. The number of rotatable bonds is 6. The van der Waals surface area contributed by atoms with E-state index in [1.165, 1.54) is 25.3 Å². The van der Waals surface area contributed by atoms with Crippen LogP contribution in [0.4, 0.5) is 4.39 Å². The first-order valence-electron chi connectivity index (χ1n) is 6.81. The predicted octanol–water partition coefficient (Wildman–Crippen LogP) is 2.66. The van der Waals surface area contributed by atoms with Crippen LogP contribution >= 0.6 is 0 Å². The van der Waals surface area contributed by atoms with Crippen molar-refractivity contribution in [2.24, 2.45) is 0 Å². The van der Waals surface area contributed by atoms with Gasteiger partial charge in [-0.05, 0) is 49.2 Å². The van der Waals surface area contributed by atoms with Gasteiger partial charge in [-0.25, -0.2) is 17.5 Å². The van der Waals surface area contributed by atoms with Gasteiger partial charge in [0, 0.05) is 6.54 Å². The fraction of sp³-hybridized carbons (Fsp3) is 0.250. The number of hydrogen-bond donors (Lipinski definition) is 1. The zero-order valence-electron chi connectivity index (χ0n) is 12.5. The first-order valence-corrected chi connectivity index (χ1v) is 8.29. The Morgan fingerprint density at radius 2 is 1.82 bits per heavy atom. The van der Waals surface area contributed by atoms with Crippen LogP contribution in [0.1, 0.15) is 11.1 Å². The van der Waals surface area contributed by atoms with Crippen LogP contribution in [0, 0.1) is 12.7 Å². The Balaban J connectivity index is 2.04. The van der Waals surface area contributed by atoms with Gasteiger partial charge in [-0.15, -0.1) is 0 Å². The second kappa shape index (κ2) is 6.89. The van der Waals surface area contributed by atoms with E-state index in [2.05, 4.69) is 4.72 Å². The van der Waals surface area contributed by atoms with Crippen molar-refractivity contribution >= 4 is 10.0 Å². The largest absolute Gasteiger partial charge is 0.496 e. The molecular weight excluding hydrogens is 305 g/mol. The Labute approximate surface area is 130 Å². The van der Waals surface area contributed by atoms with Crippen LogP contribution in [0.25, 0.3) is 0 Å². The minimum absolute atomic E-state index is 0.163. The summed E-state index contributed by atoms with van der Waals surface area (Å²) in [4.78, 5) is 0.212. The van der Waals surface area contributed by atoms with E-state index in [1.807, 2.05) is 6.92 Å². The van der Waals surface area contributed by atoms with Crippen molar-refractivity contribution in [3.63, 3.8) is 0 Å². The standard InChI is InChI=1S/C16H18FNO3S/c1-12-3-6-15(7-4-12)22(19,20)18-10-9-13-11-14(17)5-8-16(13)21-2/h3-8,11,18H,9-10H2,1-2H3. The van der Waals surface area contributed by atoms with E-state index in [-0.39, 0.29) is 17.3 Å². The number of nitrogens with one attached hydrogen (secondary N) is 1. The maximum absolute atomic E-state index is 13.3. The molecule has 0 aliphatic carbocycles. The van der Waals surface area contributed by atoms with Crippen LogP contribution in [0.3, 0.4) is 0 Å². The number of halogens is 1. The van der Waals surface area contributed by atoms with E-state index < -0.39 is 10.0 Å². The molecular formula is C16H18FNO3S. The van der Waals surface area contributed by atoms with E-state index in [1.54, 1.807) is 24.3 Å². The molecule has 0 aliphatic heterocycles. The van der Waals surface area contributed by atoms with Crippen LogP contribution < -0.4 is 9.46 Å². The molecule has 2 aromatic carbocycles. The monoisotopic (exact) mass is 323 g/mol. The molecule has 0 spiro atoms. The third-order valence-electron chi connectivity index (χ3n) is 3.26. The number of ether oxygens (including phenoxy) is 1. The molecule has 0 radical (unpaired) electrons. The van der Waals surface area contributed by atoms with Gasteiger partial charge in [0.2, 0.25) is 10.0 Å². The fourth-order valence-corrected chi connectivity index (χ4v) is 3.10. The second-order valence-electron chi connectivity index (χ2n) is 4.92. The van der Waals surface area contributed by atoms with Gasteiger partial charge in [-0.2, -0.15) is 0 Å². The Morgan fingerprint density at radius 3 is 2.45 bits per heavy atom. The van der Waals surface area contributed by atoms with Crippen molar-refractivity contribution in [2.45, 2.75) is 18.2 Å². The zero-order chi connectivity index (χ0) is 16.2. The molecule has 6 heteroatoms. The van der Waals surface area contributed by atoms with Crippen LogP contribution in [-0.4, -0.2) is 22.1 Å². The van der Waals surface area contributed by atoms with Gasteiger partial charge in [0.1, 0.15) is 11.6 Å². The molecule has 1 N–H and O–H groups in total. The van der Waals surface area contributed by atoms with E-state index in [4.69, 9.17) is 4.74 Å². The Bertz CT molecular complexity index is 742. The lowest BCUT2D eigenvalue weighted by atomic mass is 10.1. The number of hydrogen-bond acceptors (Lipinski definition) is 3. The van der Waals surface area contributed by atoms with Crippen LogP contribution in [0.2, 0.25) is 0 Å². The molecule has 4 nitrogen and oxygen atoms in total. The van der Waals surface area contributed by atoms with Crippen molar-refractivity contribution in [3.05, 3.63) is 59.4 Å². The summed E-state index contributed by atoms with van der Waals surface area (Å²) in [5.41, 5.74) is 1.61. The highest BCUT2D eigenvalue weighted by molar-refractivity contribution is 7.89. The first kappa shape index (κ1) is 16.5. The summed E-state index contributed by atoms with van der Waals surface area (Å²) in [6.45, 7) is 2.05. The third kappa shape index (κ3) is 4.05. The predicted molar refractivity (Wildman–Crippen MR) is 83.0 cm³/mol. The molecule has 118 valence electrons. The summed E-state index contributed by atoms with van der Waals surface area (Å²) in [6, 6.07) is 10.8. The smallest absolute Gasteiger partial charge is 0.240 e. The lowest BCUT2D eigenvalue weighted by Crippen LogP contribution is -2.26. The van der Waals surface area contributed by atoms with Crippen molar-refractivity contribution in [3.8, 4) is 5.75 Å². The van der Waals surface area contributed by atoms with Gasteiger partial charge in [0.25, 0.3) is 0 Å². The molecule has 2 rings (SSSR count). The van der Waals surface area contributed by atoms with Crippen LogP contribution in [0.5, 0.6) is 5.75 Å². The van der Waals surface area contributed by atoms with E-state index in [0.29, 0.717) is 17.7 Å². The topological polar surface area (TPSA) is 55.4 Å². The van der Waals surface area contributed by atoms with Gasteiger partial charge in [0.05, 0.1) is 12.0 Å². The SMILES string of the molecule is COc1ccc(F)cc1CCNS(=O)(=O)c1ccc(C)cc1. The van der Waals surface area contributed by atoms with Crippen LogP contribution in [-0.2, 0) is 16.4 Å². The lowest BCUT2D eigenvalue weighted by molar-refractivity contribution is 0.408. The third-order valence-corrected chi connectivity index (χ3v) is 4.74. The molecule has 0 saturated heterocycles. The molecule has 22 heavy (non-hydrogen) atoms. The fourth-order valence-electron chi connectivity index (χ4n) is 2.06. The van der Waals surface area contributed by atoms with Gasteiger partial charge >= 0.3 is 0 Å². The molecule has 0 bridgehead atoms. The van der Waals surface area contributed by atoms with Gasteiger partial charge < -0.3 is 4.74 Å². The van der Waals surface area contributed by atoms with Crippen molar-refractivity contribution < 1.29 is 17.5 Å². The summed E-state index contributed by atoms with van der Waals surface area (Å²) in [7, 11) is -2.07. The zero-order valence-corrected chi connectivity index (χ0v) is 13.3. The molecule has 0 saturated carbocycles. The average Bonchev–Trinajstić information content (AvgIpc) is 2.48. The minimum Gasteiger partial charge on any atom is -0.496 e. The molecule has 0 unspecified atom stereocenters. The van der Waals surface area contributed by atoms with Gasteiger partial charge in [-0.1, -0.05) is 17.7 Å². The Hall–Kier alpha value is -1.92. The summed E-state index contributed by atoms with van der Waals surface area (Å²) in [5.74, 6) is 0.160. The van der Waals surface area contributed by atoms with Crippen molar-refractivity contribution in [2.75, 3.05) is 13.7 Å². The summed E-state index contributed by atoms with van der Waals surface area (Å²) < 4.78 is 45.2. The lowest BCUT2D eigenvalue weighted by Gasteiger charge is -2.10. The number of sulfonamides is 1. The van der Waals surface area contributed by atoms with Crippen LogP contribution in [0.15, 0.2) is 47.4 Å². The quantitative estimate of drug-likeness (QED) is 0.889. The second-order valence-corrected chi connectivity index (χ2v) is 6.68. The summed E-state index contributed by atoms with van der Waals surface area (Å²) in [5, 5.41) is 0. The molecule has 0 heterocycles. The van der Waals surface area contributed by atoms with E-state index >= 15 is 0 Å². The number of methoxy groups -OCH3 is 1. The molecule has 0 atom stereocenters. The van der Waals surface area contributed by atoms with Crippen molar-refractivity contribution in [1.29, 1.82) is 0 Å². The first-order chi connectivity index (χ1) is 10.4. The molecule has 2 aromatic rings. The Kier molecular flexibility index (Phi) is 5.15. The number of aryl methyl sites for hydroxylation is 1. The van der Waals surface area contributed by atoms with E-state index in [0.717, 1.165) is 5.56 Å². The molecule has 0 aliphatic rings. The highest BCUT2D eigenvalue weighted by atomic mass is 32.2. The highest BCUT2D eigenvalue weighted by Gasteiger charge is 2.13. The normalized spacial score (nSPS) is 11.4. The maximum atomic E-state index is 13.3. The summed E-state index contributed by atoms with van der Waals surface area (Å²) >= 11 is 0. The molecule has 0 amide bonds. The van der Waals surface area contributed by atoms with Gasteiger partial charge in [0.15, 0.2) is 0 Å². The van der Waals surface area contributed by atoms with Crippen molar-refractivity contribution in [1.82, 2.24) is 4.72 Å². The molecule has 0 aromatic heterocycles. The Morgan fingerprint density at radius 1 is 1.14 bits per heavy atom. The summed E-state index contributed by atoms with van der Waals surface area (Å²) in [6.07, 6.45) is 0.339. The highest BCUT2D eigenvalue weighted by Crippen LogP contribution is 2.19.